The molecule has 3 N–H and O–H groups in total. The number of nitrogens with zero attached hydrogens (tertiary/aromatic N) is 5. The van der Waals surface area contributed by atoms with Crippen LogP contribution in [0.4, 0.5) is 30.5 Å². The molecule has 1 atom stereocenters. The van der Waals surface area contributed by atoms with Crippen LogP contribution in [0.3, 0.4) is 0 Å². The zero-order valence-corrected chi connectivity index (χ0v) is 20.0. The molecule has 16 heteroatoms. The maximum absolute atomic E-state index is 13.9. The van der Waals surface area contributed by atoms with Crippen LogP contribution in [0.5, 0.6) is 5.75 Å². The average Bonchev–Trinajstić information content (AvgIpc) is 3.40. The lowest BCUT2D eigenvalue weighted by molar-refractivity contribution is -0.147. The van der Waals surface area contributed by atoms with E-state index in [-0.39, 0.29) is 34.4 Å². The van der Waals surface area contributed by atoms with E-state index in [9.17, 15) is 26.7 Å². The number of alkyl halides is 3. The highest BCUT2D eigenvalue weighted by atomic mass is 32.2. The van der Waals surface area contributed by atoms with E-state index in [0.29, 0.717) is 0 Å². The SMILES string of the molecule is Cc1ccc([C@H](Nc2nc3nsnc3nc2Nc2cccc(S(=O)(=O)N(C)C)c2O)C(F)(F)F)o1. The number of furan rings is 1. The first-order chi connectivity index (χ1) is 16.4. The number of aryl methyl sites for hydroxylation is 1. The molecule has 0 aliphatic carbocycles. The van der Waals surface area contributed by atoms with E-state index in [1.165, 1.54) is 51.4 Å². The number of phenolic OH excluding ortho intramolecular Hbond substituents is 1. The first-order valence-electron chi connectivity index (χ1n) is 9.79. The van der Waals surface area contributed by atoms with Crippen molar-refractivity contribution in [2.24, 2.45) is 0 Å². The minimum Gasteiger partial charge on any atom is -0.504 e. The van der Waals surface area contributed by atoms with Gasteiger partial charge in [-0.25, -0.2) is 22.7 Å². The fourth-order valence-electron chi connectivity index (χ4n) is 3.04. The summed E-state index contributed by atoms with van der Waals surface area (Å²) in [5, 5.41) is 15.6. The number of anilines is 3. The first kappa shape index (κ1) is 24.6. The van der Waals surface area contributed by atoms with Gasteiger partial charge in [0.2, 0.25) is 21.3 Å². The number of aromatic hydroxyl groups is 1. The number of aromatic nitrogens is 4. The van der Waals surface area contributed by atoms with Crippen molar-refractivity contribution in [3.05, 3.63) is 41.9 Å². The topological polar surface area (TPSA) is 146 Å². The highest BCUT2D eigenvalue weighted by Gasteiger charge is 2.44. The normalized spacial score (nSPS) is 13.3. The number of hydrogen-bond donors (Lipinski definition) is 3. The molecule has 11 nitrogen and oxygen atoms in total. The second-order valence-electron chi connectivity index (χ2n) is 7.46. The molecule has 1 aromatic carbocycles. The van der Waals surface area contributed by atoms with E-state index in [2.05, 4.69) is 29.3 Å². The van der Waals surface area contributed by atoms with Crippen LogP contribution < -0.4 is 10.6 Å². The van der Waals surface area contributed by atoms with Gasteiger partial charge in [-0.3, -0.25) is 0 Å². The molecular formula is C19H18F3N7O4S2. The van der Waals surface area contributed by atoms with E-state index in [0.717, 1.165) is 16.0 Å². The van der Waals surface area contributed by atoms with Gasteiger partial charge in [-0.05, 0) is 31.2 Å². The lowest BCUT2D eigenvalue weighted by atomic mass is 10.2. The van der Waals surface area contributed by atoms with E-state index < -0.39 is 38.6 Å². The lowest BCUT2D eigenvalue weighted by Crippen LogP contribution is -2.28. The van der Waals surface area contributed by atoms with Crippen LogP contribution in [0.1, 0.15) is 17.6 Å². The number of sulfonamides is 1. The van der Waals surface area contributed by atoms with Crippen LogP contribution in [0.25, 0.3) is 11.3 Å². The van der Waals surface area contributed by atoms with Crippen molar-refractivity contribution < 1.29 is 31.1 Å². The molecule has 4 aromatic rings. The summed E-state index contributed by atoms with van der Waals surface area (Å²) in [7, 11) is -1.44. The second-order valence-corrected chi connectivity index (χ2v) is 10.1. The van der Waals surface area contributed by atoms with Crippen LogP contribution in [-0.4, -0.2) is 56.8 Å². The Morgan fingerprint density at radius 3 is 2.31 bits per heavy atom. The van der Waals surface area contributed by atoms with Crippen LogP contribution in [0.2, 0.25) is 0 Å². The molecule has 0 fully saturated rings. The van der Waals surface area contributed by atoms with Crippen molar-refractivity contribution in [2.75, 3.05) is 24.7 Å². The van der Waals surface area contributed by atoms with Gasteiger partial charge in [0.25, 0.3) is 0 Å². The molecule has 0 radical (unpaired) electrons. The number of phenols is 1. The maximum Gasteiger partial charge on any atom is 0.415 e. The molecule has 0 saturated heterocycles. The standard InChI is InChI=1S/C19H18F3N7O4S2/c1-9-7-8-11(33-9)14(19(20,21)22)24-16-15(25-17-18(26-16)28-34-27-17)23-10-5-4-6-12(13(10)30)35(31,32)29(2)3/h4-8,14,30H,1-3H3,(H,23,25,27)(H,24,26,28)/t14-/m0/s1. The summed E-state index contributed by atoms with van der Waals surface area (Å²) in [6, 6.07) is 4.16. The fourth-order valence-corrected chi connectivity index (χ4v) is 4.48. The van der Waals surface area contributed by atoms with Crippen LogP contribution >= 0.6 is 11.7 Å². The number of fused-ring (bicyclic) bond motifs is 1. The first-order valence-corrected chi connectivity index (χ1v) is 12.0. The molecule has 4 rings (SSSR count). The van der Waals surface area contributed by atoms with Gasteiger partial charge in [-0.1, -0.05) is 6.07 Å². The molecule has 0 saturated carbocycles. The zero-order valence-electron chi connectivity index (χ0n) is 18.3. The Bertz CT molecular complexity index is 1490. The highest BCUT2D eigenvalue weighted by Crippen LogP contribution is 2.39. The van der Waals surface area contributed by atoms with E-state index in [4.69, 9.17) is 4.42 Å². The van der Waals surface area contributed by atoms with Gasteiger partial charge in [0.15, 0.2) is 23.4 Å². The molecule has 3 aromatic heterocycles. The lowest BCUT2D eigenvalue weighted by Gasteiger charge is -2.22. The summed E-state index contributed by atoms with van der Waals surface area (Å²) in [4.78, 5) is 7.85. The third-order valence-electron chi connectivity index (χ3n) is 4.78. The van der Waals surface area contributed by atoms with Gasteiger partial charge >= 0.3 is 6.18 Å². The molecule has 186 valence electrons. The van der Waals surface area contributed by atoms with Crippen molar-refractivity contribution in [3.63, 3.8) is 0 Å². The molecule has 35 heavy (non-hydrogen) atoms. The molecule has 3 heterocycles. The van der Waals surface area contributed by atoms with Gasteiger partial charge in [0, 0.05) is 14.1 Å². The second kappa shape index (κ2) is 8.94. The Morgan fingerprint density at radius 2 is 1.74 bits per heavy atom. The van der Waals surface area contributed by atoms with Crippen molar-refractivity contribution in [2.45, 2.75) is 24.0 Å². The molecule has 0 amide bonds. The van der Waals surface area contributed by atoms with Crippen molar-refractivity contribution in [3.8, 4) is 5.75 Å². The van der Waals surface area contributed by atoms with E-state index >= 15 is 0 Å². The summed E-state index contributed by atoms with van der Waals surface area (Å²) < 4.78 is 80.7. The molecule has 0 aliphatic heterocycles. The highest BCUT2D eigenvalue weighted by molar-refractivity contribution is 7.89. The van der Waals surface area contributed by atoms with Gasteiger partial charge in [-0.15, -0.1) is 0 Å². The smallest absolute Gasteiger partial charge is 0.415 e. The van der Waals surface area contributed by atoms with Crippen LogP contribution in [0, 0.1) is 6.92 Å². The third kappa shape index (κ3) is 4.85. The predicted molar refractivity (Wildman–Crippen MR) is 121 cm³/mol. The van der Waals surface area contributed by atoms with Crippen LogP contribution in [0.15, 0.2) is 39.6 Å². The van der Waals surface area contributed by atoms with Crippen molar-refractivity contribution >= 4 is 50.4 Å². The predicted octanol–water partition coefficient (Wildman–Crippen LogP) is 3.80. The third-order valence-corrected chi connectivity index (χ3v) is 7.13. The molecule has 0 bridgehead atoms. The fraction of sp³-hybridized carbons (Fsp3) is 0.263. The quantitative estimate of drug-likeness (QED) is 0.302. The van der Waals surface area contributed by atoms with Gasteiger partial charge < -0.3 is 20.2 Å². The number of benzene rings is 1. The Kier molecular flexibility index (Phi) is 6.29. The molecular weight excluding hydrogens is 511 g/mol. The Labute approximate surface area is 201 Å². The van der Waals surface area contributed by atoms with Gasteiger partial charge in [0.1, 0.15) is 16.4 Å². The minimum atomic E-state index is -4.78. The summed E-state index contributed by atoms with van der Waals surface area (Å²) in [6.07, 6.45) is -4.78. The monoisotopic (exact) mass is 529 g/mol. The molecule has 0 unspecified atom stereocenters. The van der Waals surface area contributed by atoms with Gasteiger partial charge in [-0.2, -0.15) is 21.9 Å². The Hall–Kier alpha value is -3.50. The van der Waals surface area contributed by atoms with Crippen molar-refractivity contribution in [1.29, 1.82) is 0 Å². The number of nitrogens with one attached hydrogen (secondary N) is 2. The van der Waals surface area contributed by atoms with Crippen molar-refractivity contribution in [1.82, 2.24) is 23.0 Å². The summed E-state index contributed by atoms with van der Waals surface area (Å²) in [5.41, 5.74) is -0.102. The zero-order chi connectivity index (χ0) is 25.5. The summed E-state index contributed by atoms with van der Waals surface area (Å²) >= 11 is 0.757. The number of hydrogen-bond acceptors (Lipinski definition) is 11. The van der Waals surface area contributed by atoms with E-state index in [1.54, 1.807) is 0 Å². The molecule has 0 spiro atoms. The largest absolute Gasteiger partial charge is 0.504 e. The number of para-hydroxylation sites is 1. The van der Waals surface area contributed by atoms with Gasteiger partial charge in [0.05, 0.1) is 17.4 Å². The maximum atomic E-state index is 13.9. The molecule has 0 aliphatic rings. The van der Waals surface area contributed by atoms with Crippen LogP contribution in [-0.2, 0) is 10.0 Å². The Morgan fingerprint density at radius 1 is 1.09 bits per heavy atom. The summed E-state index contributed by atoms with van der Waals surface area (Å²) in [6.45, 7) is 1.51. The number of halogens is 3. The Balaban J connectivity index is 1.80. The average molecular weight is 530 g/mol. The number of rotatable bonds is 7. The van der Waals surface area contributed by atoms with E-state index in [1.807, 2.05) is 0 Å². The minimum absolute atomic E-state index is 0.00671. The summed E-state index contributed by atoms with van der Waals surface area (Å²) in [5.74, 6) is -1.40.